The number of rotatable bonds is 7. The van der Waals surface area contributed by atoms with Gasteiger partial charge in [-0.05, 0) is 31.9 Å². The van der Waals surface area contributed by atoms with E-state index in [-0.39, 0.29) is 0 Å². The van der Waals surface area contributed by atoms with Gasteiger partial charge in [0.2, 0.25) is 0 Å². The van der Waals surface area contributed by atoms with Crippen molar-refractivity contribution >= 4 is 0 Å². The molecule has 19 heavy (non-hydrogen) atoms. The van der Waals surface area contributed by atoms with Gasteiger partial charge in [0.25, 0.3) is 0 Å². The molecule has 0 fully saturated rings. The summed E-state index contributed by atoms with van der Waals surface area (Å²) in [5, 5.41) is 12.0. The predicted molar refractivity (Wildman–Crippen MR) is 68.8 cm³/mol. The van der Waals surface area contributed by atoms with Crippen LogP contribution in [-0.4, -0.2) is 23.9 Å². The molecular weight excluding hydrogens is 255 g/mol. The molecule has 0 spiro atoms. The van der Waals surface area contributed by atoms with Gasteiger partial charge in [-0.15, -0.1) is 0 Å². The monoisotopic (exact) mass is 275 g/mol. The summed E-state index contributed by atoms with van der Waals surface area (Å²) in [6.45, 7) is 2.13. The van der Waals surface area contributed by atoms with Crippen LogP contribution >= 0.6 is 0 Å². The Kier molecular flexibility index (Phi) is 6.31. The van der Waals surface area contributed by atoms with E-state index in [1.165, 1.54) is 0 Å². The van der Waals surface area contributed by atoms with Gasteiger partial charge >= 0.3 is 6.18 Å². The lowest BCUT2D eigenvalue weighted by molar-refractivity contribution is -0.140. The largest absolute Gasteiger partial charge is 0.393 e. The maximum atomic E-state index is 12.5. The van der Waals surface area contributed by atoms with Crippen LogP contribution in [-0.2, 0) is 0 Å². The van der Waals surface area contributed by atoms with E-state index in [2.05, 4.69) is 5.32 Å². The van der Waals surface area contributed by atoms with Crippen LogP contribution in [0.1, 0.15) is 37.8 Å². The lowest BCUT2D eigenvalue weighted by Gasteiger charge is -2.21. The molecule has 0 saturated heterocycles. The van der Waals surface area contributed by atoms with E-state index >= 15 is 0 Å². The predicted octanol–water partition coefficient (Wildman–Crippen LogP) is 3.43. The Morgan fingerprint density at radius 2 is 1.84 bits per heavy atom. The number of hydrogen-bond donors (Lipinski definition) is 2. The number of alkyl halides is 3. The van der Waals surface area contributed by atoms with Crippen molar-refractivity contribution in [3.8, 4) is 0 Å². The van der Waals surface area contributed by atoms with Crippen LogP contribution in [0.2, 0.25) is 0 Å². The minimum Gasteiger partial charge on any atom is -0.393 e. The Balaban J connectivity index is 2.56. The molecule has 0 aliphatic carbocycles. The third-order valence-electron chi connectivity index (χ3n) is 2.83. The lowest BCUT2D eigenvalue weighted by Crippen LogP contribution is -2.28. The van der Waals surface area contributed by atoms with Gasteiger partial charge in [0.05, 0.1) is 12.5 Å². The summed E-state index contributed by atoms with van der Waals surface area (Å²) in [7, 11) is 0. The van der Waals surface area contributed by atoms with Crippen LogP contribution in [0.3, 0.4) is 0 Å². The van der Waals surface area contributed by atoms with Crippen molar-refractivity contribution in [2.75, 3.05) is 6.54 Å². The maximum absolute atomic E-state index is 12.5. The van der Waals surface area contributed by atoms with Crippen molar-refractivity contribution in [3.05, 3.63) is 35.9 Å². The van der Waals surface area contributed by atoms with Gasteiger partial charge in [0.1, 0.15) is 0 Å². The second kappa shape index (κ2) is 7.50. The van der Waals surface area contributed by atoms with Crippen molar-refractivity contribution in [3.63, 3.8) is 0 Å². The van der Waals surface area contributed by atoms with E-state index < -0.39 is 24.7 Å². The Labute approximate surface area is 111 Å². The molecule has 2 atom stereocenters. The third kappa shape index (κ3) is 7.18. The molecule has 0 amide bonds. The smallest absolute Gasteiger partial charge is 0.390 e. The van der Waals surface area contributed by atoms with Crippen LogP contribution in [0.4, 0.5) is 13.2 Å². The van der Waals surface area contributed by atoms with E-state index in [0.29, 0.717) is 24.9 Å². The van der Waals surface area contributed by atoms with Crippen molar-refractivity contribution < 1.29 is 18.3 Å². The average molecular weight is 275 g/mol. The molecule has 0 heterocycles. The molecular formula is C14H20F3NO. The van der Waals surface area contributed by atoms with Crippen LogP contribution in [0, 0.1) is 0 Å². The van der Waals surface area contributed by atoms with Crippen molar-refractivity contribution in [1.82, 2.24) is 5.32 Å². The summed E-state index contributed by atoms with van der Waals surface area (Å²) >= 11 is 0. The fraction of sp³-hybridized carbons (Fsp3) is 0.571. The van der Waals surface area contributed by atoms with Crippen LogP contribution in [0.25, 0.3) is 0 Å². The molecule has 0 bridgehead atoms. The molecule has 0 aliphatic rings. The number of aliphatic hydroxyl groups excluding tert-OH is 1. The number of benzene rings is 1. The minimum atomic E-state index is -4.20. The molecule has 2 unspecified atom stereocenters. The minimum absolute atomic E-state index is 0.417. The molecule has 2 nitrogen and oxygen atoms in total. The van der Waals surface area contributed by atoms with E-state index in [0.717, 1.165) is 0 Å². The van der Waals surface area contributed by atoms with Gasteiger partial charge < -0.3 is 10.4 Å². The molecule has 0 aliphatic heterocycles. The quantitative estimate of drug-likeness (QED) is 0.747. The Morgan fingerprint density at radius 1 is 1.21 bits per heavy atom. The number of aliphatic hydroxyl groups is 1. The van der Waals surface area contributed by atoms with Crippen LogP contribution in [0.15, 0.2) is 30.3 Å². The molecule has 108 valence electrons. The zero-order chi connectivity index (χ0) is 14.3. The van der Waals surface area contributed by atoms with E-state index in [1.807, 2.05) is 0 Å². The Bertz CT molecular complexity index is 351. The highest BCUT2D eigenvalue weighted by Crippen LogP contribution is 2.29. The topological polar surface area (TPSA) is 32.3 Å². The normalized spacial score (nSPS) is 15.2. The third-order valence-corrected chi connectivity index (χ3v) is 2.83. The Hall–Kier alpha value is -1.07. The summed E-state index contributed by atoms with van der Waals surface area (Å²) in [6.07, 6.45) is -4.26. The zero-order valence-corrected chi connectivity index (χ0v) is 11.0. The van der Waals surface area contributed by atoms with Gasteiger partial charge in [-0.2, -0.15) is 13.2 Å². The fourth-order valence-electron chi connectivity index (χ4n) is 1.90. The van der Waals surface area contributed by atoms with Crippen molar-refractivity contribution in [2.24, 2.45) is 0 Å². The highest BCUT2D eigenvalue weighted by atomic mass is 19.4. The van der Waals surface area contributed by atoms with Crippen LogP contribution in [0.5, 0.6) is 0 Å². The molecule has 1 aromatic rings. The first-order valence-corrected chi connectivity index (χ1v) is 6.41. The first kappa shape index (κ1) is 16.0. The van der Waals surface area contributed by atoms with Crippen molar-refractivity contribution in [2.45, 2.75) is 44.5 Å². The van der Waals surface area contributed by atoms with E-state index in [9.17, 15) is 13.2 Å². The molecule has 5 heteroatoms. The van der Waals surface area contributed by atoms with Gasteiger partial charge in [-0.25, -0.2) is 0 Å². The summed E-state index contributed by atoms with van der Waals surface area (Å²) in [6, 6.07) is 7.90. The highest BCUT2D eigenvalue weighted by molar-refractivity contribution is 5.19. The summed E-state index contributed by atoms with van der Waals surface area (Å²) < 4.78 is 37.6. The SMILES string of the molecule is CC(O)CCCNC(CC(F)(F)F)c1ccccc1. The first-order chi connectivity index (χ1) is 8.88. The molecule has 0 saturated carbocycles. The second-order valence-electron chi connectivity index (χ2n) is 4.73. The van der Waals surface area contributed by atoms with Crippen molar-refractivity contribution in [1.29, 1.82) is 0 Å². The van der Waals surface area contributed by atoms with Gasteiger partial charge in [-0.1, -0.05) is 30.3 Å². The fourth-order valence-corrected chi connectivity index (χ4v) is 1.90. The van der Waals surface area contributed by atoms with E-state index in [4.69, 9.17) is 5.11 Å². The number of hydrogen-bond acceptors (Lipinski definition) is 2. The highest BCUT2D eigenvalue weighted by Gasteiger charge is 2.32. The second-order valence-corrected chi connectivity index (χ2v) is 4.73. The maximum Gasteiger partial charge on any atom is 0.390 e. The molecule has 1 aromatic carbocycles. The Morgan fingerprint density at radius 3 is 2.37 bits per heavy atom. The molecule has 0 aromatic heterocycles. The summed E-state index contributed by atoms with van der Waals surface area (Å²) in [5.74, 6) is 0. The zero-order valence-electron chi connectivity index (χ0n) is 11.0. The van der Waals surface area contributed by atoms with E-state index in [1.54, 1.807) is 37.3 Å². The van der Waals surface area contributed by atoms with Crippen LogP contribution < -0.4 is 5.32 Å². The van der Waals surface area contributed by atoms with Gasteiger partial charge in [0.15, 0.2) is 0 Å². The van der Waals surface area contributed by atoms with Gasteiger partial charge in [0, 0.05) is 6.04 Å². The van der Waals surface area contributed by atoms with Gasteiger partial charge in [-0.3, -0.25) is 0 Å². The molecule has 1 rings (SSSR count). The summed E-state index contributed by atoms with van der Waals surface area (Å²) in [4.78, 5) is 0. The summed E-state index contributed by atoms with van der Waals surface area (Å²) in [5.41, 5.74) is 0.636. The number of halogens is 3. The lowest BCUT2D eigenvalue weighted by atomic mass is 10.0. The standard InChI is InChI=1S/C14H20F3NO/c1-11(19)6-5-9-18-13(10-14(15,16)17)12-7-3-2-4-8-12/h2-4,7-8,11,13,18-19H,5-6,9-10H2,1H3. The number of nitrogens with one attached hydrogen (secondary N) is 1. The molecule has 0 radical (unpaired) electrons. The first-order valence-electron chi connectivity index (χ1n) is 6.41. The average Bonchev–Trinajstić information content (AvgIpc) is 2.32. The molecule has 2 N–H and O–H groups in total.